The van der Waals surface area contributed by atoms with Crippen molar-refractivity contribution in [2.75, 3.05) is 6.61 Å². The summed E-state index contributed by atoms with van der Waals surface area (Å²) in [5.41, 5.74) is 3.00. The Bertz CT molecular complexity index is 1110. The molecule has 2 aromatic carbocycles. The monoisotopic (exact) mass is 420 g/mol. The van der Waals surface area contributed by atoms with Gasteiger partial charge >= 0.3 is 5.97 Å². The number of halogens is 1. The van der Waals surface area contributed by atoms with Crippen LogP contribution in [0, 0.1) is 12.7 Å². The number of hydrazone groups is 1. The second-order valence-corrected chi connectivity index (χ2v) is 7.32. The molecule has 6 nitrogen and oxygen atoms in total. The van der Waals surface area contributed by atoms with Crippen molar-refractivity contribution in [3.63, 3.8) is 0 Å². The van der Waals surface area contributed by atoms with Crippen LogP contribution in [0.25, 0.3) is 0 Å². The third kappa shape index (κ3) is 4.71. The Kier molecular flexibility index (Phi) is 5.93. The summed E-state index contributed by atoms with van der Waals surface area (Å²) in [5.74, 6) is -1.06. The molecule has 0 fully saturated rings. The van der Waals surface area contributed by atoms with Crippen LogP contribution >= 0.6 is 0 Å². The van der Waals surface area contributed by atoms with E-state index in [2.05, 4.69) is 5.10 Å². The number of hydrogen-bond acceptors (Lipinski definition) is 5. The van der Waals surface area contributed by atoms with E-state index in [1.165, 1.54) is 23.4 Å². The molecule has 0 unspecified atom stereocenters. The second-order valence-electron chi connectivity index (χ2n) is 7.32. The van der Waals surface area contributed by atoms with E-state index in [4.69, 9.17) is 9.15 Å². The highest BCUT2D eigenvalue weighted by Gasteiger charge is 2.35. The molecule has 1 aliphatic rings. The summed E-state index contributed by atoms with van der Waals surface area (Å²) in [6.45, 7) is 1.51. The van der Waals surface area contributed by atoms with Crippen LogP contribution < -0.4 is 0 Å². The van der Waals surface area contributed by atoms with Crippen LogP contribution in [0.2, 0.25) is 0 Å². The predicted octanol–water partition coefficient (Wildman–Crippen LogP) is 4.19. The van der Waals surface area contributed by atoms with Gasteiger partial charge in [0, 0.05) is 6.42 Å². The normalized spacial score (nSPS) is 15.6. The molecule has 0 spiro atoms. The largest absolute Gasteiger partial charge is 0.467 e. The van der Waals surface area contributed by atoms with Crippen molar-refractivity contribution in [2.24, 2.45) is 5.10 Å². The molecular formula is C24H21FN2O4. The molecule has 0 saturated heterocycles. The molecule has 1 amide bonds. The van der Waals surface area contributed by atoms with Gasteiger partial charge in [0.15, 0.2) is 6.61 Å². The Morgan fingerprint density at radius 2 is 1.90 bits per heavy atom. The van der Waals surface area contributed by atoms with E-state index in [0.717, 1.165) is 16.8 Å². The molecule has 1 aliphatic heterocycles. The summed E-state index contributed by atoms with van der Waals surface area (Å²) in [7, 11) is 0. The van der Waals surface area contributed by atoms with E-state index >= 15 is 0 Å². The molecule has 4 rings (SSSR count). The lowest BCUT2D eigenvalue weighted by Crippen LogP contribution is -2.31. The van der Waals surface area contributed by atoms with Gasteiger partial charge in [0.1, 0.15) is 17.6 Å². The van der Waals surface area contributed by atoms with Crippen LogP contribution in [0.3, 0.4) is 0 Å². The summed E-state index contributed by atoms with van der Waals surface area (Å²) >= 11 is 0. The van der Waals surface area contributed by atoms with Crippen LogP contribution in [0.4, 0.5) is 4.39 Å². The van der Waals surface area contributed by atoms with Gasteiger partial charge in [-0.25, -0.2) is 9.40 Å². The molecule has 0 bridgehead atoms. The van der Waals surface area contributed by atoms with Crippen molar-refractivity contribution >= 4 is 17.6 Å². The van der Waals surface area contributed by atoms with Gasteiger partial charge in [-0.3, -0.25) is 9.59 Å². The van der Waals surface area contributed by atoms with Gasteiger partial charge in [0.05, 0.1) is 18.4 Å². The molecule has 0 radical (unpaired) electrons. The maximum absolute atomic E-state index is 13.7. The van der Waals surface area contributed by atoms with Crippen molar-refractivity contribution in [1.29, 1.82) is 0 Å². The summed E-state index contributed by atoms with van der Waals surface area (Å²) in [4.78, 5) is 24.9. The number of benzene rings is 2. The van der Waals surface area contributed by atoms with Crippen LogP contribution in [-0.4, -0.2) is 29.2 Å². The number of nitrogens with zero attached hydrogens (tertiary/aromatic N) is 2. The van der Waals surface area contributed by atoms with Gasteiger partial charge in [0.2, 0.25) is 0 Å². The molecule has 31 heavy (non-hydrogen) atoms. The highest BCUT2D eigenvalue weighted by Crippen LogP contribution is 2.33. The Morgan fingerprint density at radius 1 is 1.13 bits per heavy atom. The zero-order chi connectivity index (χ0) is 21.8. The quantitative estimate of drug-likeness (QED) is 0.561. The zero-order valence-corrected chi connectivity index (χ0v) is 17.0. The van der Waals surface area contributed by atoms with E-state index in [1.54, 1.807) is 24.3 Å². The molecule has 1 atom stereocenters. The fraction of sp³-hybridized carbons (Fsp3) is 0.208. The van der Waals surface area contributed by atoms with Crippen LogP contribution in [0.15, 0.2) is 76.4 Å². The molecule has 0 saturated carbocycles. The van der Waals surface area contributed by atoms with Gasteiger partial charge in [0.25, 0.3) is 5.91 Å². The van der Waals surface area contributed by atoms with Crippen molar-refractivity contribution < 1.29 is 23.1 Å². The third-order valence-electron chi connectivity index (χ3n) is 5.07. The zero-order valence-electron chi connectivity index (χ0n) is 17.0. The van der Waals surface area contributed by atoms with Crippen LogP contribution in [-0.2, 0) is 20.7 Å². The van der Waals surface area contributed by atoms with Crippen molar-refractivity contribution in [1.82, 2.24) is 5.01 Å². The Labute approximate surface area is 178 Å². The molecular weight excluding hydrogens is 399 g/mol. The lowest BCUT2D eigenvalue weighted by Gasteiger charge is -2.19. The summed E-state index contributed by atoms with van der Waals surface area (Å²) < 4.78 is 24.3. The van der Waals surface area contributed by atoms with Crippen molar-refractivity contribution in [2.45, 2.75) is 25.8 Å². The predicted molar refractivity (Wildman–Crippen MR) is 112 cm³/mol. The first kappa shape index (κ1) is 20.5. The maximum atomic E-state index is 13.7. The molecule has 3 aromatic rings. The summed E-state index contributed by atoms with van der Waals surface area (Å²) in [6.07, 6.45) is 1.77. The molecule has 0 N–H and O–H groups in total. The van der Waals surface area contributed by atoms with Crippen molar-refractivity contribution in [3.8, 4) is 0 Å². The van der Waals surface area contributed by atoms with E-state index < -0.39 is 30.3 Å². The maximum Gasteiger partial charge on any atom is 0.310 e. The molecule has 1 aromatic heterocycles. The van der Waals surface area contributed by atoms with E-state index in [9.17, 15) is 14.0 Å². The SMILES string of the molecule is Cc1ccc(C2=NN(C(=O)COC(=O)Cc3ccccc3F)[C@H](c3ccco3)C2)cc1. The van der Waals surface area contributed by atoms with Gasteiger partial charge in [-0.15, -0.1) is 0 Å². The number of amides is 1. The summed E-state index contributed by atoms with van der Waals surface area (Å²) in [6, 6.07) is 16.9. The fourth-order valence-electron chi connectivity index (χ4n) is 3.42. The van der Waals surface area contributed by atoms with E-state index in [-0.39, 0.29) is 12.0 Å². The lowest BCUT2D eigenvalue weighted by atomic mass is 10.0. The number of carbonyl (C=O) groups excluding carboxylic acids is 2. The van der Waals surface area contributed by atoms with Gasteiger partial charge in [-0.1, -0.05) is 48.0 Å². The number of carbonyl (C=O) groups is 2. The standard InChI is InChI=1S/C24H21FN2O4/c1-16-8-10-17(11-9-16)20-14-21(22-7-4-12-30-22)27(26-20)23(28)15-31-24(29)13-18-5-2-3-6-19(18)25/h2-12,21H,13-15H2,1H3/t21-/m0/s1. The van der Waals surface area contributed by atoms with Crippen LogP contribution in [0.1, 0.15) is 34.9 Å². The van der Waals surface area contributed by atoms with Gasteiger partial charge in [-0.05, 0) is 36.2 Å². The first-order valence-corrected chi connectivity index (χ1v) is 9.90. The Balaban J connectivity index is 1.46. The fourth-order valence-corrected chi connectivity index (χ4v) is 3.42. The van der Waals surface area contributed by atoms with Gasteiger partial charge in [-0.2, -0.15) is 5.10 Å². The average Bonchev–Trinajstić information content (AvgIpc) is 3.44. The third-order valence-corrected chi connectivity index (χ3v) is 5.07. The molecule has 158 valence electrons. The van der Waals surface area contributed by atoms with Gasteiger partial charge < -0.3 is 9.15 Å². The minimum Gasteiger partial charge on any atom is -0.467 e. The number of ether oxygens (including phenoxy) is 1. The number of aryl methyl sites for hydroxylation is 1. The summed E-state index contributed by atoms with van der Waals surface area (Å²) in [5, 5.41) is 5.79. The van der Waals surface area contributed by atoms with Crippen molar-refractivity contribution in [3.05, 3.63) is 95.2 Å². The first-order valence-electron chi connectivity index (χ1n) is 9.90. The first-order chi connectivity index (χ1) is 15.0. The van der Waals surface area contributed by atoms with E-state index in [1.807, 2.05) is 31.2 Å². The lowest BCUT2D eigenvalue weighted by molar-refractivity contribution is -0.152. The minimum atomic E-state index is -0.685. The number of esters is 1. The molecule has 0 aliphatic carbocycles. The smallest absolute Gasteiger partial charge is 0.310 e. The number of hydrogen-bond donors (Lipinski definition) is 0. The Morgan fingerprint density at radius 3 is 2.61 bits per heavy atom. The van der Waals surface area contributed by atoms with E-state index in [0.29, 0.717) is 12.2 Å². The number of furan rings is 1. The molecule has 7 heteroatoms. The second kappa shape index (κ2) is 8.95. The average molecular weight is 420 g/mol. The van der Waals surface area contributed by atoms with Crippen LogP contribution in [0.5, 0.6) is 0 Å². The Hall–Kier alpha value is -3.74. The number of rotatable bonds is 6. The highest BCUT2D eigenvalue weighted by molar-refractivity contribution is 6.03. The molecule has 2 heterocycles. The topological polar surface area (TPSA) is 72.1 Å². The minimum absolute atomic E-state index is 0.217. The highest BCUT2D eigenvalue weighted by atomic mass is 19.1.